The summed E-state index contributed by atoms with van der Waals surface area (Å²) in [6.45, 7) is 1.83. The van der Waals surface area contributed by atoms with Gasteiger partial charge in [-0.3, -0.25) is 4.79 Å². The highest BCUT2D eigenvalue weighted by molar-refractivity contribution is 6.31. The van der Waals surface area contributed by atoms with Crippen molar-refractivity contribution in [3.05, 3.63) is 64.7 Å². The molecule has 0 saturated heterocycles. The van der Waals surface area contributed by atoms with Gasteiger partial charge < -0.3 is 15.0 Å². The second kappa shape index (κ2) is 8.27. The number of carbonyl (C=O) groups is 2. The van der Waals surface area contributed by atoms with Crippen molar-refractivity contribution in [2.45, 2.75) is 6.92 Å². The van der Waals surface area contributed by atoms with E-state index in [1.165, 1.54) is 42.0 Å². The number of ether oxygens (including phenoxy) is 1. The first-order valence-corrected chi connectivity index (χ1v) is 8.80. The molecular formula is C19H17ClFN5O3. The number of rotatable bonds is 4. The van der Waals surface area contributed by atoms with Crippen LogP contribution in [0.1, 0.15) is 16.1 Å². The van der Waals surface area contributed by atoms with Crippen molar-refractivity contribution in [3.63, 3.8) is 0 Å². The monoisotopic (exact) mass is 417 g/mol. The molecule has 0 aliphatic rings. The predicted molar refractivity (Wildman–Crippen MR) is 105 cm³/mol. The summed E-state index contributed by atoms with van der Waals surface area (Å²) < 4.78 is 20.2. The highest BCUT2D eigenvalue weighted by atomic mass is 35.5. The minimum absolute atomic E-state index is 0.00486. The number of carbonyl (C=O) groups excluding carboxylic acids is 2. The number of nitrogens with one attached hydrogen (secondary N) is 1. The molecule has 3 aromatic rings. The van der Waals surface area contributed by atoms with Crippen molar-refractivity contribution in [2.75, 3.05) is 19.4 Å². The summed E-state index contributed by atoms with van der Waals surface area (Å²) in [4.78, 5) is 25.3. The third kappa shape index (κ3) is 4.88. The molecule has 1 aromatic heterocycles. The Hall–Kier alpha value is -3.46. The topological polar surface area (TPSA) is 89.4 Å². The Morgan fingerprint density at radius 3 is 2.69 bits per heavy atom. The van der Waals surface area contributed by atoms with Crippen molar-refractivity contribution in [1.82, 2.24) is 19.9 Å². The first-order chi connectivity index (χ1) is 13.7. The highest BCUT2D eigenvalue weighted by Gasteiger charge is 2.15. The molecule has 10 heteroatoms. The van der Waals surface area contributed by atoms with E-state index in [0.29, 0.717) is 10.7 Å². The second-order valence-corrected chi connectivity index (χ2v) is 6.81. The van der Waals surface area contributed by atoms with Crippen LogP contribution in [0.4, 0.5) is 14.9 Å². The zero-order chi connectivity index (χ0) is 21.1. The van der Waals surface area contributed by atoms with E-state index in [1.54, 1.807) is 18.2 Å². The molecule has 0 aliphatic heterocycles. The number of hydrogen-bond acceptors (Lipinski definition) is 5. The highest BCUT2D eigenvalue weighted by Crippen LogP contribution is 2.22. The van der Waals surface area contributed by atoms with Gasteiger partial charge in [-0.1, -0.05) is 22.9 Å². The summed E-state index contributed by atoms with van der Waals surface area (Å²) in [6.07, 6.45) is 0.679. The molecule has 0 fully saturated rings. The molecule has 8 nitrogen and oxygen atoms in total. The zero-order valence-electron chi connectivity index (χ0n) is 15.8. The minimum Gasteiger partial charge on any atom is -0.410 e. The Balaban J connectivity index is 1.82. The fourth-order valence-electron chi connectivity index (χ4n) is 2.34. The molecule has 0 aliphatic carbocycles. The van der Waals surface area contributed by atoms with Crippen LogP contribution in [0.15, 0.2) is 42.6 Å². The van der Waals surface area contributed by atoms with Gasteiger partial charge in [0.05, 0.1) is 11.9 Å². The lowest BCUT2D eigenvalue weighted by atomic mass is 10.2. The van der Waals surface area contributed by atoms with Gasteiger partial charge in [-0.2, -0.15) is 0 Å². The maximum Gasteiger partial charge on any atom is 0.414 e. The van der Waals surface area contributed by atoms with Crippen LogP contribution in [0.25, 0.3) is 5.69 Å². The number of nitrogens with zero attached hydrogens (tertiary/aromatic N) is 4. The first-order valence-electron chi connectivity index (χ1n) is 8.43. The lowest BCUT2D eigenvalue weighted by Gasteiger charge is -2.11. The molecule has 2 aromatic carbocycles. The smallest absolute Gasteiger partial charge is 0.410 e. The maximum absolute atomic E-state index is 13.9. The van der Waals surface area contributed by atoms with Gasteiger partial charge in [0.2, 0.25) is 0 Å². The molecular weight excluding hydrogens is 401 g/mol. The van der Waals surface area contributed by atoms with Gasteiger partial charge in [0, 0.05) is 36.9 Å². The number of amides is 2. The van der Waals surface area contributed by atoms with E-state index < -0.39 is 17.8 Å². The van der Waals surface area contributed by atoms with E-state index in [4.69, 9.17) is 16.3 Å². The van der Waals surface area contributed by atoms with Gasteiger partial charge in [0.25, 0.3) is 5.91 Å². The average Bonchev–Trinajstić information content (AvgIpc) is 3.14. The van der Waals surface area contributed by atoms with E-state index >= 15 is 0 Å². The largest absolute Gasteiger partial charge is 0.414 e. The van der Waals surface area contributed by atoms with Gasteiger partial charge >= 0.3 is 6.09 Å². The lowest BCUT2D eigenvalue weighted by Crippen LogP contribution is -2.25. The van der Waals surface area contributed by atoms with Crippen LogP contribution in [0, 0.1) is 12.7 Å². The van der Waals surface area contributed by atoms with Crippen LogP contribution < -0.4 is 10.1 Å². The van der Waals surface area contributed by atoms with E-state index in [1.807, 2.05) is 6.92 Å². The number of halogens is 2. The normalized spacial score (nSPS) is 10.5. The van der Waals surface area contributed by atoms with E-state index in [-0.39, 0.29) is 17.1 Å². The third-order valence-corrected chi connectivity index (χ3v) is 4.10. The van der Waals surface area contributed by atoms with Crippen LogP contribution in [0.3, 0.4) is 0 Å². The molecule has 29 heavy (non-hydrogen) atoms. The molecule has 0 radical (unpaired) electrons. The van der Waals surface area contributed by atoms with Crippen LogP contribution in [-0.4, -0.2) is 46.0 Å². The third-order valence-electron chi connectivity index (χ3n) is 3.86. The summed E-state index contributed by atoms with van der Waals surface area (Å²) in [5.41, 5.74) is 1.62. The maximum atomic E-state index is 13.9. The van der Waals surface area contributed by atoms with Crippen LogP contribution in [-0.2, 0) is 0 Å². The average molecular weight is 418 g/mol. The Morgan fingerprint density at radius 1 is 1.21 bits per heavy atom. The summed E-state index contributed by atoms with van der Waals surface area (Å²) in [5.74, 6) is -1.15. The summed E-state index contributed by atoms with van der Waals surface area (Å²) in [6, 6.07) is 8.76. The predicted octanol–water partition coefficient (Wildman–Crippen LogP) is 3.68. The number of aromatic nitrogens is 3. The molecule has 150 valence electrons. The van der Waals surface area contributed by atoms with Gasteiger partial charge in [0.15, 0.2) is 5.69 Å². The number of aryl methyl sites for hydroxylation is 1. The van der Waals surface area contributed by atoms with Crippen molar-refractivity contribution in [2.24, 2.45) is 0 Å². The van der Waals surface area contributed by atoms with Crippen molar-refractivity contribution >= 4 is 29.3 Å². The molecule has 0 atom stereocenters. The SMILES string of the molecule is Cc1ccc(Cl)cc1NC(=O)c1cn(-c2cc(F)cc(OC(=O)N(C)C)c2)nn1. The first kappa shape index (κ1) is 20.3. The summed E-state index contributed by atoms with van der Waals surface area (Å²) in [5, 5.41) is 10.9. The molecule has 2 amide bonds. The van der Waals surface area contributed by atoms with Crippen molar-refractivity contribution in [3.8, 4) is 11.4 Å². The fourth-order valence-corrected chi connectivity index (χ4v) is 2.51. The Morgan fingerprint density at radius 2 is 1.97 bits per heavy atom. The standard InChI is InChI=1S/C19H17ClFN5O3/c1-11-4-5-12(20)6-16(11)22-18(27)17-10-26(24-23-17)14-7-13(21)8-15(9-14)29-19(28)25(2)3/h4-10H,1-3H3,(H,22,27). The van der Waals surface area contributed by atoms with Gasteiger partial charge in [-0.25, -0.2) is 13.9 Å². The van der Waals surface area contributed by atoms with E-state index in [2.05, 4.69) is 15.6 Å². The molecule has 1 N–H and O–H groups in total. The van der Waals surface area contributed by atoms with Crippen LogP contribution in [0.2, 0.25) is 5.02 Å². The van der Waals surface area contributed by atoms with Gasteiger partial charge in [0.1, 0.15) is 11.6 Å². The van der Waals surface area contributed by atoms with Crippen LogP contribution >= 0.6 is 11.6 Å². The van der Waals surface area contributed by atoms with Crippen LogP contribution in [0.5, 0.6) is 5.75 Å². The summed E-state index contributed by atoms with van der Waals surface area (Å²) >= 11 is 5.96. The van der Waals surface area contributed by atoms with Crippen molar-refractivity contribution in [1.29, 1.82) is 0 Å². The number of benzene rings is 2. The Labute approximate surface area is 170 Å². The molecule has 0 spiro atoms. The van der Waals surface area contributed by atoms with Gasteiger partial charge in [-0.05, 0) is 30.7 Å². The quantitative estimate of drug-likeness (QED) is 0.699. The molecule has 0 unspecified atom stereocenters. The summed E-state index contributed by atoms with van der Waals surface area (Å²) in [7, 11) is 3.01. The molecule has 0 bridgehead atoms. The second-order valence-electron chi connectivity index (χ2n) is 6.37. The fraction of sp³-hybridized carbons (Fsp3) is 0.158. The molecule has 1 heterocycles. The van der Waals surface area contributed by atoms with E-state index in [9.17, 15) is 14.0 Å². The molecule has 0 saturated carbocycles. The number of anilines is 1. The van der Waals surface area contributed by atoms with E-state index in [0.717, 1.165) is 11.6 Å². The van der Waals surface area contributed by atoms with Crippen molar-refractivity contribution < 1.29 is 18.7 Å². The number of hydrogen-bond donors (Lipinski definition) is 1. The zero-order valence-corrected chi connectivity index (χ0v) is 16.6. The molecule has 3 rings (SSSR count). The lowest BCUT2D eigenvalue weighted by molar-refractivity contribution is 0.102. The Kier molecular flexibility index (Phi) is 5.79. The minimum atomic E-state index is -0.655. The Bertz CT molecular complexity index is 1080. The van der Waals surface area contributed by atoms with Gasteiger partial charge in [-0.15, -0.1) is 5.10 Å².